The number of hydrogen-bond acceptors (Lipinski definition) is 10. The van der Waals surface area contributed by atoms with Gasteiger partial charge in [-0.1, -0.05) is 0 Å². The second kappa shape index (κ2) is 9.79. The third-order valence-electron chi connectivity index (χ3n) is 5.01. The molecule has 0 unspecified atom stereocenters. The Hall–Kier alpha value is -5.12. The number of nitriles is 1. The molecule has 0 saturated heterocycles. The fraction of sp³-hybridized carbons (Fsp3) is 0.190. The lowest BCUT2D eigenvalue weighted by atomic mass is 9.98. The summed E-state index contributed by atoms with van der Waals surface area (Å²) in [5.74, 6) is 0.777. The number of benzene rings is 2. The molecule has 178 valence electrons. The van der Waals surface area contributed by atoms with Crippen LogP contribution in [-0.2, 0) is 9.47 Å². The summed E-state index contributed by atoms with van der Waals surface area (Å²) in [4.78, 5) is 32.3. The van der Waals surface area contributed by atoms with Crippen LogP contribution >= 0.6 is 0 Å². The van der Waals surface area contributed by atoms with E-state index in [4.69, 9.17) is 9.47 Å². The lowest BCUT2D eigenvalue weighted by Crippen LogP contribution is -2.16. The second-order valence-electron chi connectivity index (χ2n) is 6.90. The summed E-state index contributed by atoms with van der Waals surface area (Å²) in [6, 6.07) is 5.09. The standard InChI is InChI=1S/C21H14N5O9/c1-2-34-3-4-35-21(27)16-7-12(24(28)29)5-14-18(11(9-22)10-23)15-6-13(25(30)31)8-17(26(32)33)20(15)19(14)16/h5-8,27H,2-4H2,1H3/q-1. The maximum absolute atomic E-state index is 11.9. The van der Waals surface area contributed by atoms with E-state index in [2.05, 4.69) is 0 Å². The smallest absolute Gasteiger partial charge is 0.285 e. The van der Waals surface area contributed by atoms with Crippen molar-refractivity contribution in [3.8, 4) is 6.07 Å². The Morgan fingerprint density at radius 1 is 1.03 bits per heavy atom. The molecule has 2 aromatic rings. The molecule has 14 nitrogen and oxygen atoms in total. The molecule has 0 spiro atoms. The van der Waals surface area contributed by atoms with Gasteiger partial charge in [-0.25, -0.2) is 5.87 Å². The van der Waals surface area contributed by atoms with Crippen molar-refractivity contribution >= 4 is 34.5 Å². The van der Waals surface area contributed by atoms with Crippen molar-refractivity contribution in [3.05, 3.63) is 92.0 Å². The van der Waals surface area contributed by atoms with Crippen molar-refractivity contribution in [2.24, 2.45) is 0 Å². The van der Waals surface area contributed by atoms with Crippen LogP contribution < -0.4 is 10.4 Å². The summed E-state index contributed by atoms with van der Waals surface area (Å²) in [7, 11) is 0. The molecule has 14 heteroatoms. The number of aliphatic hydroxyl groups excluding tert-OH is 1. The monoisotopic (exact) mass is 480 g/mol. The summed E-state index contributed by atoms with van der Waals surface area (Å²) >= 11 is 0. The molecule has 0 aliphatic heterocycles. The molecule has 0 radical (unpaired) electrons. The zero-order valence-corrected chi connectivity index (χ0v) is 17.9. The molecule has 3 rings (SSSR count). The molecule has 0 atom stereocenters. The van der Waals surface area contributed by atoms with E-state index in [0.717, 1.165) is 18.2 Å². The quantitative estimate of drug-likeness (QED) is 0.180. The molecule has 1 aliphatic carbocycles. The van der Waals surface area contributed by atoms with Gasteiger partial charge >= 0.3 is 0 Å². The minimum absolute atomic E-state index is 0.0543. The SMILES string of the molecule is CCOCCOC(O)=c1cc([N+](=O)[O-])cc2c1=c1c([N+](=O)[O-])cc([N+](=O)[O-])cc1=C2C(=C=[N-])C#N. The van der Waals surface area contributed by atoms with Gasteiger partial charge in [-0.3, -0.25) is 30.3 Å². The Bertz CT molecular complexity index is 1600. The minimum Gasteiger partial charge on any atom is -0.762 e. The molecule has 0 saturated carbocycles. The lowest BCUT2D eigenvalue weighted by Gasteiger charge is -2.07. The molecule has 1 N–H and O–H groups in total. The van der Waals surface area contributed by atoms with Crippen molar-refractivity contribution in [2.45, 2.75) is 6.92 Å². The number of rotatable bonds is 9. The Labute approximate surface area is 194 Å². The highest BCUT2D eigenvalue weighted by atomic mass is 16.6. The molecule has 2 aromatic carbocycles. The van der Waals surface area contributed by atoms with Crippen LogP contribution in [-0.4, -0.2) is 45.6 Å². The van der Waals surface area contributed by atoms with E-state index in [0.29, 0.717) is 12.7 Å². The summed E-state index contributed by atoms with van der Waals surface area (Å²) in [5.41, 5.74) is -3.10. The Morgan fingerprint density at radius 3 is 2.23 bits per heavy atom. The zero-order valence-electron chi connectivity index (χ0n) is 17.9. The van der Waals surface area contributed by atoms with Crippen LogP contribution in [0.5, 0.6) is 0 Å². The van der Waals surface area contributed by atoms with Gasteiger partial charge in [-0.15, -0.1) is 0 Å². The van der Waals surface area contributed by atoms with Crippen LogP contribution in [0.25, 0.3) is 16.9 Å². The van der Waals surface area contributed by atoms with Gasteiger partial charge in [0, 0.05) is 40.8 Å². The molecular formula is C21H14N5O9-. The highest BCUT2D eigenvalue weighted by Crippen LogP contribution is 2.30. The summed E-state index contributed by atoms with van der Waals surface area (Å²) in [5, 5.41) is 63.5. The van der Waals surface area contributed by atoms with E-state index >= 15 is 0 Å². The number of fused-ring (bicyclic) bond motifs is 2. The topological polar surface area (TPSA) is 214 Å². The summed E-state index contributed by atoms with van der Waals surface area (Å²) < 4.78 is 10.3. The van der Waals surface area contributed by atoms with Crippen molar-refractivity contribution in [2.75, 3.05) is 19.8 Å². The van der Waals surface area contributed by atoms with Gasteiger partial charge in [-0.2, -0.15) is 5.26 Å². The van der Waals surface area contributed by atoms with Crippen LogP contribution in [0, 0.1) is 52.1 Å². The number of nitro benzene ring substituents is 3. The molecule has 0 amide bonds. The number of nitro groups is 3. The van der Waals surface area contributed by atoms with Gasteiger partial charge in [0.25, 0.3) is 23.0 Å². The number of nitrogens with zero attached hydrogens (tertiary/aromatic N) is 5. The highest BCUT2D eigenvalue weighted by molar-refractivity contribution is 5.95. The van der Waals surface area contributed by atoms with Gasteiger partial charge in [0.05, 0.1) is 43.5 Å². The Kier molecular flexibility index (Phi) is 6.86. The van der Waals surface area contributed by atoms with E-state index < -0.39 is 43.4 Å². The number of allylic oxidation sites excluding steroid dienone is 1. The predicted molar refractivity (Wildman–Crippen MR) is 118 cm³/mol. The first-order valence-corrected chi connectivity index (χ1v) is 9.77. The zero-order chi connectivity index (χ0) is 25.9. The third-order valence-corrected chi connectivity index (χ3v) is 5.01. The Balaban J connectivity index is 2.66. The van der Waals surface area contributed by atoms with Crippen LogP contribution in [0.4, 0.5) is 17.1 Å². The van der Waals surface area contributed by atoms with Crippen molar-refractivity contribution in [1.82, 2.24) is 0 Å². The average Bonchev–Trinajstić information content (AvgIpc) is 3.15. The summed E-state index contributed by atoms with van der Waals surface area (Å²) in [6.45, 7) is 1.96. The average molecular weight is 480 g/mol. The number of ether oxygens (including phenoxy) is 2. The summed E-state index contributed by atoms with van der Waals surface area (Å²) in [6.07, 6.45) is 0. The van der Waals surface area contributed by atoms with Crippen molar-refractivity contribution in [1.29, 1.82) is 5.26 Å². The number of non-ortho nitro benzene ring substituents is 3. The Morgan fingerprint density at radius 2 is 1.69 bits per heavy atom. The van der Waals surface area contributed by atoms with E-state index in [1.165, 1.54) is 0 Å². The maximum atomic E-state index is 11.9. The van der Waals surface area contributed by atoms with E-state index in [1.807, 2.05) is 0 Å². The molecule has 35 heavy (non-hydrogen) atoms. The first-order chi connectivity index (χ1) is 16.7. The van der Waals surface area contributed by atoms with Crippen molar-refractivity contribution in [3.63, 3.8) is 0 Å². The third kappa shape index (κ3) is 4.40. The maximum Gasteiger partial charge on any atom is 0.285 e. The van der Waals surface area contributed by atoms with Crippen LogP contribution in [0.3, 0.4) is 0 Å². The van der Waals surface area contributed by atoms with E-state index in [9.17, 15) is 46.1 Å². The molecular weight excluding hydrogens is 466 g/mol. The fourth-order valence-electron chi connectivity index (χ4n) is 3.66. The van der Waals surface area contributed by atoms with Crippen LogP contribution in [0.15, 0.2) is 29.8 Å². The minimum atomic E-state index is -0.908. The number of aliphatic hydroxyl groups is 1. The fourth-order valence-corrected chi connectivity index (χ4v) is 3.66. The van der Waals surface area contributed by atoms with Gasteiger partial charge in [0.2, 0.25) is 0 Å². The normalized spacial score (nSPS) is 12.1. The highest BCUT2D eigenvalue weighted by Gasteiger charge is 2.28. The van der Waals surface area contributed by atoms with Gasteiger partial charge in [0.1, 0.15) is 12.7 Å². The predicted octanol–water partition coefficient (Wildman–Crippen LogP) is 1.58. The van der Waals surface area contributed by atoms with Crippen LogP contribution in [0.2, 0.25) is 0 Å². The first-order valence-electron chi connectivity index (χ1n) is 9.77. The molecule has 1 aliphatic rings. The van der Waals surface area contributed by atoms with Gasteiger partial charge in [0.15, 0.2) is 0 Å². The van der Waals surface area contributed by atoms with Gasteiger partial charge in [-0.05, 0) is 12.5 Å². The second-order valence-corrected chi connectivity index (χ2v) is 6.90. The lowest BCUT2D eigenvalue weighted by molar-refractivity contribution is -0.394. The molecule has 0 aromatic heterocycles. The van der Waals surface area contributed by atoms with E-state index in [-0.39, 0.29) is 45.2 Å². The largest absolute Gasteiger partial charge is 0.762 e. The molecule has 0 heterocycles. The number of hydrogen-bond donors (Lipinski definition) is 1. The molecule has 0 fully saturated rings. The first kappa shape index (κ1) is 24.5. The van der Waals surface area contributed by atoms with E-state index in [1.54, 1.807) is 18.9 Å². The van der Waals surface area contributed by atoms with Crippen LogP contribution in [0.1, 0.15) is 12.5 Å². The van der Waals surface area contributed by atoms with Gasteiger partial charge < -0.3 is 20.0 Å². The van der Waals surface area contributed by atoms with Crippen molar-refractivity contribution < 1.29 is 29.4 Å². The molecule has 0 bridgehead atoms.